The highest BCUT2D eigenvalue weighted by molar-refractivity contribution is 5.32. The van der Waals surface area contributed by atoms with Gasteiger partial charge in [-0.3, -0.25) is 4.98 Å². The Morgan fingerprint density at radius 1 is 1.20 bits per heavy atom. The van der Waals surface area contributed by atoms with E-state index in [2.05, 4.69) is 45.7 Å². The number of pyridine rings is 1. The lowest BCUT2D eigenvalue weighted by molar-refractivity contribution is 0.821. The molecule has 0 aliphatic rings. The summed E-state index contributed by atoms with van der Waals surface area (Å²) >= 11 is 0. The van der Waals surface area contributed by atoms with Crippen LogP contribution in [-0.2, 0) is 12.8 Å². The first kappa shape index (κ1) is 14.2. The van der Waals surface area contributed by atoms with Crippen LogP contribution in [0, 0.1) is 6.92 Å². The zero-order chi connectivity index (χ0) is 10.7. The third-order valence-electron chi connectivity index (χ3n) is 2.76. The molecule has 1 rings (SSSR count). The minimum absolute atomic E-state index is 0. The first-order chi connectivity index (χ1) is 6.60. The van der Waals surface area contributed by atoms with Crippen LogP contribution in [0.15, 0.2) is 6.07 Å². The van der Waals surface area contributed by atoms with Crippen molar-refractivity contribution in [3.8, 4) is 0 Å². The zero-order valence-corrected chi connectivity index (χ0v) is 10.0. The van der Waals surface area contributed by atoms with Gasteiger partial charge < -0.3 is 0 Å². The van der Waals surface area contributed by atoms with Crippen LogP contribution in [-0.4, -0.2) is 4.98 Å². The van der Waals surface area contributed by atoms with Crippen molar-refractivity contribution in [3.63, 3.8) is 0 Å². The van der Waals surface area contributed by atoms with Gasteiger partial charge in [-0.1, -0.05) is 41.2 Å². The Morgan fingerprint density at radius 3 is 2.20 bits per heavy atom. The number of aromatic nitrogens is 1. The molecule has 0 saturated heterocycles. The highest BCUT2D eigenvalue weighted by Crippen LogP contribution is 2.21. The van der Waals surface area contributed by atoms with E-state index in [9.17, 15) is 0 Å². The fraction of sp³-hybridized carbons (Fsp3) is 0.643. The molecule has 1 aromatic rings. The molecular weight excluding hydrogens is 182 g/mol. The molecule has 0 unspecified atom stereocenters. The highest BCUT2D eigenvalue weighted by Gasteiger charge is 2.09. The second-order valence-electron chi connectivity index (χ2n) is 4.13. The van der Waals surface area contributed by atoms with E-state index in [-0.39, 0.29) is 7.43 Å². The van der Waals surface area contributed by atoms with E-state index in [1.807, 2.05) is 0 Å². The van der Waals surface area contributed by atoms with Crippen LogP contribution in [0.1, 0.15) is 63.6 Å². The molecule has 0 aliphatic heterocycles. The smallest absolute Gasteiger partial charge is 0.0436 e. The Kier molecular flexibility index (Phi) is 5.56. The SMILES string of the molecule is C.CCc1cc(C(C)C)c(C)nc1CC. The quantitative estimate of drug-likeness (QED) is 0.721. The molecule has 0 radical (unpaired) electrons. The van der Waals surface area contributed by atoms with Crippen LogP contribution >= 0.6 is 0 Å². The normalized spacial score (nSPS) is 10.3. The van der Waals surface area contributed by atoms with Gasteiger partial charge in [-0.2, -0.15) is 0 Å². The summed E-state index contributed by atoms with van der Waals surface area (Å²) < 4.78 is 0. The van der Waals surface area contributed by atoms with Gasteiger partial charge in [0.15, 0.2) is 0 Å². The molecule has 1 aromatic heterocycles. The molecule has 0 aliphatic carbocycles. The fourth-order valence-corrected chi connectivity index (χ4v) is 1.91. The molecule has 86 valence electrons. The molecule has 0 atom stereocenters. The van der Waals surface area contributed by atoms with Gasteiger partial charge in [-0.05, 0) is 36.8 Å². The summed E-state index contributed by atoms with van der Waals surface area (Å²) in [5.74, 6) is 0.582. The summed E-state index contributed by atoms with van der Waals surface area (Å²) in [5, 5.41) is 0. The third kappa shape index (κ3) is 3.05. The molecule has 1 heterocycles. The fourth-order valence-electron chi connectivity index (χ4n) is 1.91. The van der Waals surface area contributed by atoms with E-state index in [4.69, 9.17) is 0 Å². The summed E-state index contributed by atoms with van der Waals surface area (Å²) in [7, 11) is 0. The van der Waals surface area contributed by atoms with E-state index in [0.29, 0.717) is 5.92 Å². The average Bonchev–Trinajstić information content (AvgIpc) is 2.16. The minimum Gasteiger partial charge on any atom is -0.258 e. The third-order valence-corrected chi connectivity index (χ3v) is 2.76. The maximum absolute atomic E-state index is 4.68. The molecule has 0 amide bonds. The van der Waals surface area contributed by atoms with Gasteiger partial charge in [0.1, 0.15) is 0 Å². The van der Waals surface area contributed by atoms with Crippen LogP contribution in [0.2, 0.25) is 0 Å². The topological polar surface area (TPSA) is 12.9 Å². The van der Waals surface area contributed by atoms with Gasteiger partial charge in [0, 0.05) is 11.4 Å². The van der Waals surface area contributed by atoms with Crippen LogP contribution in [0.3, 0.4) is 0 Å². The number of hydrogen-bond donors (Lipinski definition) is 0. The van der Waals surface area contributed by atoms with Gasteiger partial charge in [0.05, 0.1) is 0 Å². The Balaban J connectivity index is 0.00000196. The lowest BCUT2D eigenvalue weighted by Gasteiger charge is -2.13. The van der Waals surface area contributed by atoms with Gasteiger partial charge >= 0.3 is 0 Å². The van der Waals surface area contributed by atoms with Crippen LogP contribution in [0.5, 0.6) is 0 Å². The van der Waals surface area contributed by atoms with Gasteiger partial charge in [0.25, 0.3) is 0 Å². The summed E-state index contributed by atoms with van der Waals surface area (Å²) in [6.07, 6.45) is 2.14. The highest BCUT2D eigenvalue weighted by atomic mass is 14.7. The van der Waals surface area contributed by atoms with E-state index in [1.54, 1.807) is 0 Å². The van der Waals surface area contributed by atoms with E-state index >= 15 is 0 Å². The van der Waals surface area contributed by atoms with Crippen molar-refractivity contribution in [2.75, 3.05) is 0 Å². The Labute approximate surface area is 94.9 Å². The van der Waals surface area contributed by atoms with Crippen molar-refractivity contribution < 1.29 is 0 Å². The zero-order valence-electron chi connectivity index (χ0n) is 10.0. The van der Waals surface area contributed by atoms with Gasteiger partial charge in [-0.15, -0.1) is 0 Å². The summed E-state index contributed by atoms with van der Waals surface area (Å²) in [5.41, 5.74) is 5.30. The monoisotopic (exact) mass is 207 g/mol. The molecule has 0 fully saturated rings. The summed E-state index contributed by atoms with van der Waals surface area (Å²) in [6.45, 7) is 11.0. The van der Waals surface area contributed by atoms with Crippen LogP contribution < -0.4 is 0 Å². The first-order valence-electron chi connectivity index (χ1n) is 5.59. The molecule has 0 spiro atoms. The molecule has 1 nitrogen and oxygen atoms in total. The Hall–Kier alpha value is -0.850. The molecule has 0 bridgehead atoms. The van der Waals surface area contributed by atoms with Gasteiger partial charge in [0.2, 0.25) is 0 Å². The number of rotatable bonds is 3. The van der Waals surface area contributed by atoms with Crippen molar-refractivity contribution in [3.05, 3.63) is 28.6 Å². The summed E-state index contributed by atoms with van der Waals surface area (Å²) in [6, 6.07) is 2.34. The van der Waals surface area contributed by atoms with E-state index in [0.717, 1.165) is 12.8 Å². The van der Waals surface area contributed by atoms with E-state index < -0.39 is 0 Å². The molecule has 0 N–H and O–H groups in total. The van der Waals surface area contributed by atoms with Crippen molar-refractivity contribution in [2.45, 2.75) is 60.8 Å². The van der Waals surface area contributed by atoms with Crippen molar-refractivity contribution in [2.24, 2.45) is 0 Å². The van der Waals surface area contributed by atoms with Crippen LogP contribution in [0.4, 0.5) is 0 Å². The second-order valence-corrected chi connectivity index (χ2v) is 4.13. The molecular formula is C14H25N. The Bertz CT molecular complexity index is 313. The summed E-state index contributed by atoms with van der Waals surface area (Å²) in [4.78, 5) is 4.68. The Morgan fingerprint density at radius 2 is 1.80 bits per heavy atom. The maximum atomic E-state index is 4.68. The number of nitrogens with zero attached hydrogens (tertiary/aromatic N) is 1. The number of hydrogen-bond acceptors (Lipinski definition) is 1. The largest absolute Gasteiger partial charge is 0.258 e. The van der Waals surface area contributed by atoms with Crippen molar-refractivity contribution in [1.82, 2.24) is 4.98 Å². The van der Waals surface area contributed by atoms with E-state index in [1.165, 1.54) is 22.5 Å². The maximum Gasteiger partial charge on any atom is 0.0436 e. The second kappa shape index (κ2) is 5.89. The lowest BCUT2D eigenvalue weighted by Crippen LogP contribution is -2.03. The van der Waals surface area contributed by atoms with Gasteiger partial charge in [-0.25, -0.2) is 0 Å². The molecule has 15 heavy (non-hydrogen) atoms. The predicted molar refractivity (Wildman–Crippen MR) is 68.6 cm³/mol. The predicted octanol–water partition coefficient (Wildman–Crippen LogP) is 4.27. The molecule has 0 saturated carbocycles. The molecule has 1 heteroatoms. The van der Waals surface area contributed by atoms with Crippen LogP contribution in [0.25, 0.3) is 0 Å². The average molecular weight is 207 g/mol. The van der Waals surface area contributed by atoms with Crippen molar-refractivity contribution >= 4 is 0 Å². The molecule has 0 aromatic carbocycles. The standard InChI is InChI=1S/C13H21N.CH4/c1-6-11-8-12(9(3)4)10(5)14-13(11)7-2;/h8-9H,6-7H2,1-5H3;1H4. The lowest BCUT2D eigenvalue weighted by atomic mass is 9.97. The first-order valence-corrected chi connectivity index (χ1v) is 5.59. The number of aryl methyl sites for hydroxylation is 3. The minimum atomic E-state index is 0. The van der Waals surface area contributed by atoms with Crippen molar-refractivity contribution in [1.29, 1.82) is 0 Å².